The van der Waals surface area contributed by atoms with E-state index in [9.17, 15) is 20.1 Å². The number of terminal acetylenes is 1. The molecule has 3 saturated heterocycles. The molecule has 4 aliphatic rings. The van der Waals surface area contributed by atoms with Crippen LogP contribution in [-0.4, -0.2) is 87.7 Å². The highest BCUT2D eigenvalue weighted by atomic mass is 32.2. The summed E-state index contributed by atoms with van der Waals surface area (Å²) in [4.78, 5) is 13.4. The molecule has 2 bridgehead atoms. The Morgan fingerprint density at radius 2 is 1.97 bits per heavy atom. The molecule has 0 spiro atoms. The van der Waals surface area contributed by atoms with Gasteiger partial charge in [-0.15, -0.1) is 18.2 Å². The number of thioether (sulfide) groups is 1. The van der Waals surface area contributed by atoms with Gasteiger partial charge < -0.3 is 35.4 Å². The van der Waals surface area contributed by atoms with Crippen LogP contribution in [0.2, 0.25) is 0 Å². The number of hydrogen-bond acceptors (Lipinski definition) is 8. The summed E-state index contributed by atoms with van der Waals surface area (Å²) in [5.74, 6) is 4.02. The fraction of sp³-hybridized carbons (Fsp3) is 0.808. The highest BCUT2D eigenvalue weighted by molar-refractivity contribution is 8.00. The van der Waals surface area contributed by atoms with E-state index in [4.69, 9.17) is 15.9 Å². The summed E-state index contributed by atoms with van der Waals surface area (Å²) < 4.78 is 12.2. The Hall–Kier alpha value is -1.12. The van der Waals surface area contributed by atoms with Gasteiger partial charge in [0, 0.05) is 13.2 Å². The number of ether oxygens (including phenoxy) is 2. The minimum atomic E-state index is -1.40. The highest BCUT2D eigenvalue weighted by Gasteiger charge is 2.49. The van der Waals surface area contributed by atoms with Gasteiger partial charge in [0.25, 0.3) is 0 Å². The molecular weight excluding hydrogens is 468 g/mol. The molecule has 0 aromatic carbocycles. The van der Waals surface area contributed by atoms with Crippen molar-refractivity contribution >= 4 is 17.7 Å². The number of carbonyl (C=O) groups is 1. The molecule has 196 valence electrons. The molecule has 4 aliphatic heterocycles. The Labute approximate surface area is 212 Å². The third-order valence-corrected chi connectivity index (χ3v) is 8.99. The van der Waals surface area contributed by atoms with Gasteiger partial charge in [-0.2, -0.15) is 0 Å². The predicted molar refractivity (Wildman–Crippen MR) is 134 cm³/mol. The van der Waals surface area contributed by atoms with Gasteiger partial charge in [0.15, 0.2) is 0 Å². The van der Waals surface area contributed by atoms with E-state index in [0.717, 1.165) is 19.4 Å². The second-order valence-electron chi connectivity index (χ2n) is 10.8. The summed E-state index contributed by atoms with van der Waals surface area (Å²) in [5, 5.41) is 37.9. The van der Waals surface area contributed by atoms with Crippen LogP contribution in [0.25, 0.3) is 0 Å². The second-order valence-corrected chi connectivity index (χ2v) is 12.1. The van der Waals surface area contributed by atoms with E-state index in [2.05, 4.69) is 30.4 Å². The summed E-state index contributed by atoms with van der Waals surface area (Å²) in [7, 11) is 0. The van der Waals surface area contributed by atoms with Gasteiger partial charge >= 0.3 is 0 Å². The first-order valence-electron chi connectivity index (χ1n) is 12.9. The zero-order valence-electron chi connectivity index (χ0n) is 20.6. The lowest BCUT2D eigenvalue weighted by Crippen LogP contribution is -2.64. The van der Waals surface area contributed by atoms with Crippen molar-refractivity contribution in [3.05, 3.63) is 12.2 Å². The molecule has 5 N–H and O–H groups in total. The molecule has 0 saturated carbocycles. The number of allylic oxidation sites excluding steroid dienone is 1. The van der Waals surface area contributed by atoms with Crippen molar-refractivity contribution < 1.29 is 29.6 Å². The Bertz CT molecular complexity index is 803. The van der Waals surface area contributed by atoms with E-state index in [0.29, 0.717) is 31.3 Å². The average Bonchev–Trinajstić information content (AvgIpc) is 3.11. The van der Waals surface area contributed by atoms with Crippen molar-refractivity contribution in [2.45, 2.75) is 99.2 Å². The fourth-order valence-corrected chi connectivity index (χ4v) is 7.06. The fourth-order valence-electron chi connectivity index (χ4n) is 5.93. The highest BCUT2D eigenvalue weighted by Crippen LogP contribution is 2.36. The van der Waals surface area contributed by atoms with Gasteiger partial charge in [-0.25, -0.2) is 0 Å². The number of nitrogens with one attached hydrogen (secondary N) is 2. The number of amides is 1. The van der Waals surface area contributed by atoms with Crippen LogP contribution in [0.4, 0.5) is 0 Å². The number of carbonyl (C=O) groups excluding carboxylic acids is 1. The van der Waals surface area contributed by atoms with Crippen molar-refractivity contribution in [3.8, 4) is 12.3 Å². The lowest BCUT2D eigenvalue weighted by atomic mass is 9.85. The lowest BCUT2D eigenvalue weighted by molar-refractivity contribution is -0.205. The number of aliphatic hydroxyl groups excluding tert-OH is 3. The molecule has 4 unspecified atom stereocenters. The standard InChI is InChI=1S/C26H40N2O6S/c1-4-17-7-5-6-8-18(24-21(30)20(29)22(31)26(34-24)35-17)28-25(32)19-23-16(13-27-19)12-15(9-10-33-23)11-14(2)3/h1,5-6,14-24,26-27,29-31H,7-13H2,2-3H3,(H,28,32)/b6-5-/t15?,16?,17-,18-,19?,20+,21-,22-,23?,24-,26-/m1/s1. The van der Waals surface area contributed by atoms with Crippen molar-refractivity contribution in [1.82, 2.24) is 10.6 Å². The van der Waals surface area contributed by atoms with Crippen molar-refractivity contribution in [1.29, 1.82) is 0 Å². The summed E-state index contributed by atoms with van der Waals surface area (Å²) in [6, 6.07) is -1.06. The SMILES string of the molecule is C#C[C@@H]1C/C=C\C[C@@H](NC(=O)C2NCC3CC(CC(C)C)CCOC32)[C@H]2O[C@H](S1)[C@H](O)[C@@H](O)[C@H]2O. The normalized spacial score (nSPS) is 45.1. The summed E-state index contributed by atoms with van der Waals surface area (Å²) >= 11 is 1.25. The van der Waals surface area contributed by atoms with E-state index >= 15 is 0 Å². The lowest BCUT2D eigenvalue weighted by Gasteiger charge is -2.44. The zero-order valence-corrected chi connectivity index (χ0v) is 21.4. The van der Waals surface area contributed by atoms with E-state index < -0.39 is 41.9 Å². The van der Waals surface area contributed by atoms with Crippen LogP contribution in [0.15, 0.2) is 12.2 Å². The summed E-state index contributed by atoms with van der Waals surface area (Å²) in [6.07, 6.45) is 8.63. The predicted octanol–water partition coefficient (Wildman–Crippen LogP) is 0.793. The molecule has 0 aliphatic carbocycles. The number of hydrogen-bond donors (Lipinski definition) is 5. The van der Waals surface area contributed by atoms with Crippen LogP contribution in [0, 0.1) is 30.1 Å². The molecule has 3 fully saturated rings. The Kier molecular flexibility index (Phi) is 9.19. The molecule has 9 heteroatoms. The molecule has 4 rings (SSSR count). The average molecular weight is 509 g/mol. The summed E-state index contributed by atoms with van der Waals surface area (Å²) in [6.45, 7) is 5.88. The number of rotatable bonds is 4. The first-order chi connectivity index (χ1) is 16.8. The molecule has 1 amide bonds. The van der Waals surface area contributed by atoms with Crippen LogP contribution >= 0.6 is 11.8 Å². The monoisotopic (exact) mass is 508 g/mol. The van der Waals surface area contributed by atoms with Gasteiger partial charge in [-0.05, 0) is 49.9 Å². The minimum absolute atomic E-state index is 0.188. The summed E-state index contributed by atoms with van der Waals surface area (Å²) in [5.41, 5.74) is -0.803. The third-order valence-electron chi connectivity index (χ3n) is 7.67. The molecule has 0 aromatic heterocycles. The maximum atomic E-state index is 13.4. The third kappa shape index (κ3) is 6.24. The van der Waals surface area contributed by atoms with Crippen molar-refractivity contribution in [2.75, 3.05) is 13.2 Å². The van der Waals surface area contributed by atoms with Crippen LogP contribution in [0.3, 0.4) is 0 Å². The van der Waals surface area contributed by atoms with Crippen LogP contribution in [-0.2, 0) is 14.3 Å². The van der Waals surface area contributed by atoms with Crippen molar-refractivity contribution in [2.24, 2.45) is 17.8 Å². The van der Waals surface area contributed by atoms with Gasteiger partial charge in [0.2, 0.25) is 5.91 Å². The molecule has 11 atom stereocenters. The van der Waals surface area contributed by atoms with Crippen LogP contribution in [0.1, 0.15) is 46.0 Å². The molecule has 0 radical (unpaired) electrons. The number of fused-ring (bicyclic) bond motifs is 3. The molecule has 35 heavy (non-hydrogen) atoms. The topological polar surface area (TPSA) is 120 Å². The van der Waals surface area contributed by atoms with E-state index in [1.54, 1.807) is 0 Å². The van der Waals surface area contributed by atoms with E-state index in [1.165, 1.54) is 18.2 Å². The Balaban J connectivity index is 1.46. The quantitative estimate of drug-likeness (QED) is 0.279. The van der Waals surface area contributed by atoms with Crippen molar-refractivity contribution in [3.63, 3.8) is 0 Å². The maximum Gasteiger partial charge on any atom is 0.240 e. The van der Waals surface area contributed by atoms with E-state index in [-0.39, 0.29) is 23.2 Å². The zero-order chi connectivity index (χ0) is 25.1. The Morgan fingerprint density at radius 1 is 1.20 bits per heavy atom. The second kappa shape index (κ2) is 12.0. The largest absolute Gasteiger partial charge is 0.388 e. The first kappa shape index (κ1) is 26.9. The van der Waals surface area contributed by atoms with Crippen LogP contribution in [0.5, 0.6) is 0 Å². The van der Waals surface area contributed by atoms with Gasteiger partial charge in [-0.1, -0.05) is 31.9 Å². The molecule has 8 nitrogen and oxygen atoms in total. The minimum Gasteiger partial charge on any atom is -0.388 e. The van der Waals surface area contributed by atoms with Crippen LogP contribution < -0.4 is 10.6 Å². The molecule has 4 heterocycles. The van der Waals surface area contributed by atoms with Gasteiger partial charge in [-0.3, -0.25) is 4.79 Å². The van der Waals surface area contributed by atoms with Gasteiger partial charge in [0.1, 0.15) is 35.9 Å². The first-order valence-corrected chi connectivity index (χ1v) is 13.8. The van der Waals surface area contributed by atoms with Gasteiger partial charge in [0.05, 0.1) is 17.4 Å². The molecule has 0 aromatic rings. The van der Waals surface area contributed by atoms with E-state index in [1.807, 2.05) is 12.2 Å². The maximum absolute atomic E-state index is 13.4. The molecular formula is C26H40N2O6S. The smallest absolute Gasteiger partial charge is 0.240 e. The Morgan fingerprint density at radius 3 is 2.71 bits per heavy atom. The number of aliphatic hydroxyl groups is 3.